The fourth-order valence-electron chi connectivity index (χ4n) is 0.880. The lowest BCUT2D eigenvalue weighted by molar-refractivity contribution is 1.33. The van der Waals surface area contributed by atoms with E-state index in [9.17, 15) is 0 Å². The van der Waals surface area contributed by atoms with E-state index in [4.69, 9.17) is 11.6 Å². The first kappa shape index (κ1) is 7.71. The second-order valence-electron chi connectivity index (χ2n) is 2.19. The molecule has 0 fully saturated rings. The Kier molecular flexibility index (Phi) is 2.06. The molecule has 0 saturated heterocycles. The normalized spacial score (nSPS) is 10.1. The van der Waals surface area contributed by atoms with Crippen LogP contribution in [0.3, 0.4) is 0 Å². The second kappa shape index (κ2) is 3.21. The number of hydrogen-bond acceptors (Lipinski definition) is 3. The summed E-state index contributed by atoms with van der Waals surface area (Å²) in [5, 5.41) is 0. The maximum atomic E-state index is 5.69. The highest BCUT2D eigenvalue weighted by Gasteiger charge is 2.01. The number of aromatic nitrogens is 2. The molecule has 0 aromatic carbocycles. The van der Waals surface area contributed by atoms with E-state index >= 15 is 0 Å². The summed E-state index contributed by atoms with van der Waals surface area (Å²) >= 11 is 7.12. The van der Waals surface area contributed by atoms with Gasteiger partial charge in [-0.05, 0) is 12.1 Å². The van der Waals surface area contributed by atoms with Crippen molar-refractivity contribution in [2.75, 3.05) is 0 Å². The summed E-state index contributed by atoms with van der Waals surface area (Å²) in [6, 6.07) is 5.76. The van der Waals surface area contributed by atoms with Crippen LogP contribution in [-0.2, 0) is 0 Å². The van der Waals surface area contributed by atoms with Crippen molar-refractivity contribution in [1.29, 1.82) is 0 Å². The molecule has 60 valence electrons. The zero-order valence-corrected chi connectivity index (χ0v) is 7.64. The van der Waals surface area contributed by atoms with Crippen molar-refractivity contribution in [1.82, 2.24) is 9.97 Å². The third-order valence-electron chi connectivity index (χ3n) is 1.39. The molecule has 0 N–H and O–H groups in total. The molecule has 0 aliphatic heterocycles. The summed E-state index contributed by atoms with van der Waals surface area (Å²) in [6.45, 7) is 0. The monoisotopic (exact) mass is 196 g/mol. The van der Waals surface area contributed by atoms with Gasteiger partial charge >= 0.3 is 0 Å². The Morgan fingerprint density at radius 3 is 2.75 bits per heavy atom. The number of halogens is 1. The summed E-state index contributed by atoms with van der Waals surface area (Å²) in [4.78, 5) is 9.11. The van der Waals surface area contributed by atoms with Crippen molar-refractivity contribution in [3.8, 4) is 10.6 Å². The molecule has 2 rings (SSSR count). The van der Waals surface area contributed by atoms with Crippen LogP contribution in [0.1, 0.15) is 0 Å². The molecule has 12 heavy (non-hydrogen) atoms. The predicted octanol–water partition coefficient (Wildman–Crippen LogP) is 2.86. The maximum absolute atomic E-state index is 5.69. The minimum Gasteiger partial charge on any atom is -0.255 e. The largest absolute Gasteiger partial charge is 0.255 e. The summed E-state index contributed by atoms with van der Waals surface area (Å²) in [5.41, 5.74) is 0.918. The zero-order chi connectivity index (χ0) is 8.39. The number of hydrogen-bond donors (Lipinski definition) is 0. The van der Waals surface area contributed by atoms with Crippen LogP contribution >= 0.6 is 22.9 Å². The van der Waals surface area contributed by atoms with E-state index in [0.29, 0.717) is 4.47 Å². The van der Waals surface area contributed by atoms with Crippen LogP contribution in [0, 0.1) is 0 Å². The van der Waals surface area contributed by atoms with Gasteiger partial charge in [0.2, 0.25) is 0 Å². The molecular formula is C8H5ClN2S. The van der Waals surface area contributed by atoms with Crippen molar-refractivity contribution in [3.63, 3.8) is 0 Å². The van der Waals surface area contributed by atoms with Crippen LogP contribution in [-0.4, -0.2) is 9.97 Å². The molecule has 0 radical (unpaired) electrons. The van der Waals surface area contributed by atoms with Crippen molar-refractivity contribution >= 4 is 22.9 Å². The lowest BCUT2D eigenvalue weighted by Gasteiger charge is -1.91. The van der Waals surface area contributed by atoms with Gasteiger partial charge in [0.15, 0.2) is 4.47 Å². The maximum Gasteiger partial charge on any atom is 0.184 e. The topological polar surface area (TPSA) is 25.8 Å². The summed E-state index contributed by atoms with van der Waals surface area (Å²) in [6.07, 6.45) is 3.48. The van der Waals surface area contributed by atoms with E-state index < -0.39 is 0 Å². The Hall–Kier alpha value is -0.930. The highest BCUT2D eigenvalue weighted by atomic mass is 35.5. The molecule has 2 aromatic rings. The molecule has 0 spiro atoms. The van der Waals surface area contributed by atoms with Crippen molar-refractivity contribution in [3.05, 3.63) is 35.1 Å². The van der Waals surface area contributed by atoms with Gasteiger partial charge in [0.25, 0.3) is 0 Å². The van der Waals surface area contributed by atoms with Crippen molar-refractivity contribution in [2.24, 2.45) is 0 Å². The molecule has 0 aliphatic rings. The van der Waals surface area contributed by atoms with Crippen LogP contribution in [0.2, 0.25) is 4.47 Å². The molecule has 0 aliphatic carbocycles. The number of rotatable bonds is 1. The lowest BCUT2D eigenvalue weighted by Crippen LogP contribution is -1.75. The molecule has 0 atom stereocenters. The summed E-state index contributed by atoms with van der Waals surface area (Å²) in [7, 11) is 0. The average molecular weight is 197 g/mol. The van der Waals surface area contributed by atoms with Gasteiger partial charge < -0.3 is 0 Å². The molecule has 2 nitrogen and oxygen atoms in total. The predicted molar refractivity (Wildman–Crippen MR) is 50.4 cm³/mol. The number of thiazole rings is 1. The van der Waals surface area contributed by atoms with Gasteiger partial charge in [-0.1, -0.05) is 17.7 Å². The Bertz CT molecular complexity index is 372. The Balaban J connectivity index is 2.45. The molecule has 0 unspecified atom stereocenters. The van der Waals surface area contributed by atoms with E-state index in [1.807, 2.05) is 18.2 Å². The SMILES string of the molecule is Clc1ncc(-c2ccccn2)s1. The average Bonchev–Trinajstić information content (AvgIpc) is 2.54. The van der Waals surface area contributed by atoms with E-state index in [-0.39, 0.29) is 0 Å². The Labute approximate surface area is 78.9 Å². The standard InChI is InChI=1S/C8H5ClN2S/c9-8-11-5-7(12-8)6-3-1-2-4-10-6/h1-5H. The molecule has 0 bridgehead atoms. The minimum absolute atomic E-state index is 0.552. The van der Waals surface area contributed by atoms with Gasteiger partial charge in [0.1, 0.15) is 0 Å². The molecular weight excluding hydrogens is 192 g/mol. The highest BCUT2D eigenvalue weighted by molar-refractivity contribution is 7.18. The molecule has 2 heterocycles. The first-order chi connectivity index (χ1) is 5.86. The van der Waals surface area contributed by atoms with Crippen LogP contribution in [0.5, 0.6) is 0 Å². The molecule has 4 heteroatoms. The molecule has 0 amide bonds. The van der Waals surface area contributed by atoms with Crippen LogP contribution in [0.25, 0.3) is 10.6 Å². The van der Waals surface area contributed by atoms with E-state index in [1.54, 1.807) is 12.4 Å². The van der Waals surface area contributed by atoms with Crippen LogP contribution in [0.15, 0.2) is 30.6 Å². The van der Waals surface area contributed by atoms with Crippen LogP contribution < -0.4 is 0 Å². The van der Waals surface area contributed by atoms with Crippen molar-refractivity contribution < 1.29 is 0 Å². The lowest BCUT2D eigenvalue weighted by atomic mass is 10.3. The summed E-state index contributed by atoms with van der Waals surface area (Å²) < 4.78 is 0.552. The highest BCUT2D eigenvalue weighted by Crippen LogP contribution is 2.26. The second-order valence-corrected chi connectivity index (χ2v) is 3.81. The third kappa shape index (κ3) is 1.47. The fraction of sp³-hybridized carbons (Fsp3) is 0. The first-order valence-corrected chi connectivity index (χ1v) is 4.58. The van der Waals surface area contributed by atoms with Gasteiger partial charge in [-0.25, -0.2) is 4.98 Å². The van der Waals surface area contributed by atoms with E-state index in [1.165, 1.54) is 11.3 Å². The zero-order valence-electron chi connectivity index (χ0n) is 6.07. The smallest absolute Gasteiger partial charge is 0.184 e. The van der Waals surface area contributed by atoms with Gasteiger partial charge in [-0.15, -0.1) is 11.3 Å². The minimum atomic E-state index is 0.552. The molecule has 2 aromatic heterocycles. The van der Waals surface area contributed by atoms with Gasteiger partial charge in [0.05, 0.1) is 10.6 Å². The summed E-state index contributed by atoms with van der Waals surface area (Å²) in [5.74, 6) is 0. The number of pyridine rings is 1. The number of nitrogens with zero attached hydrogens (tertiary/aromatic N) is 2. The Morgan fingerprint density at radius 1 is 1.25 bits per heavy atom. The third-order valence-corrected chi connectivity index (χ3v) is 2.53. The fourth-order valence-corrected chi connectivity index (χ4v) is 1.80. The first-order valence-electron chi connectivity index (χ1n) is 3.39. The van der Waals surface area contributed by atoms with Crippen LogP contribution in [0.4, 0.5) is 0 Å². The Morgan fingerprint density at radius 2 is 2.17 bits per heavy atom. The van der Waals surface area contributed by atoms with E-state index in [0.717, 1.165) is 10.6 Å². The quantitative estimate of drug-likeness (QED) is 0.701. The van der Waals surface area contributed by atoms with E-state index in [2.05, 4.69) is 9.97 Å². The van der Waals surface area contributed by atoms with Gasteiger partial charge in [0, 0.05) is 12.4 Å². The van der Waals surface area contributed by atoms with Gasteiger partial charge in [-0.2, -0.15) is 0 Å². The van der Waals surface area contributed by atoms with Crippen molar-refractivity contribution in [2.45, 2.75) is 0 Å². The van der Waals surface area contributed by atoms with Gasteiger partial charge in [-0.3, -0.25) is 4.98 Å². The molecule has 0 saturated carbocycles.